The van der Waals surface area contributed by atoms with Crippen LogP contribution in [-0.2, 0) is 0 Å². The predicted octanol–water partition coefficient (Wildman–Crippen LogP) is 3.43. The number of nitrogen functional groups attached to an aromatic ring is 1. The average molecular weight is 291 g/mol. The van der Waals surface area contributed by atoms with Gasteiger partial charge in [0, 0.05) is 18.0 Å². The number of rotatable bonds is 5. The van der Waals surface area contributed by atoms with Crippen molar-refractivity contribution in [3.63, 3.8) is 0 Å². The Hall–Kier alpha value is -1.36. The van der Waals surface area contributed by atoms with Gasteiger partial charge in [0.05, 0.1) is 0 Å². The SMILES string of the molecule is Cc1c(NN)nc(C(C)C)nc1NCC1CCC(C)CC1. The molecule has 0 unspecified atom stereocenters. The fourth-order valence-electron chi connectivity index (χ4n) is 2.88. The molecule has 5 nitrogen and oxygen atoms in total. The van der Waals surface area contributed by atoms with Crippen LogP contribution in [0, 0.1) is 18.8 Å². The third kappa shape index (κ3) is 4.06. The van der Waals surface area contributed by atoms with E-state index < -0.39 is 0 Å². The lowest BCUT2D eigenvalue weighted by Crippen LogP contribution is -2.22. The minimum absolute atomic E-state index is 0.286. The first kappa shape index (κ1) is 16.0. The highest BCUT2D eigenvalue weighted by molar-refractivity contribution is 5.56. The van der Waals surface area contributed by atoms with Crippen molar-refractivity contribution in [1.82, 2.24) is 9.97 Å². The number of nitrogens with zero attached hydrogens (tertiary/aromatic N) is 2. The molecular weight excluding hydrogens is 262 g/mol. The maximum Gasteiger partial charge on any atom is 0.148 e. The van der Waals surface area contributed by atoms with Crippen LogP contribution >= 0.6 is 0 Å². The molecule has 1 heterocycles. The van der Waals surface area contributed by atoms with Gasteiger partial charge in [0.1, 0.15) is 17.5 Å². The summed E-state index contributed by atoms with van der Waals surface area (Å²) in [5, 5.41) is 3.52. The number of nitrogens with one attached hydrogen (secondary N) is 2. The summed E-state index contributed by atoms with van der Waals surface area (Å²) in [6.07, 6.45) is 5.33. The Morgan fingerprint density at radius 2 is 1.76 bits per heavy atom. The molecule has 118 valence electrons. The zero-order chi connectivity index (χ0) is 15.4. The molecule has 0 saturated heterocycles. The third-order valence-corrected chi connectivity index (χ3v) is 4.51. The van der Waals surface area contributed by atoms with Crippen molar-refractivity contribution in [2.45, 2.75) is 59.3 Å². The average Bonchev–Trinajstić information content (AvgIpc) is 2.47. The Kier molecular flexibility index (Phi) is 5.39. The molecule has 0 bridgehead atoms. The van der Waals surface area contributed by atoms with Crippen LogP contribution in [0.3, 0.4) is 0 Å². The van der Waals surface area contributed by atoms with Crippen LogP contribution in [0.1, 0.15) is 63.8 Å². The molecule has 5 heteroatoms. The lowest BCUT2D eigenvalue weighted by Gasteiger charge is -2.26. The summed E-state index contributed by atoms with van der Waals surface area (Å²) in [7, 11) is 0. The van der Waals surface area contributed by atoms with Crippen molar-refractivity contribution in [1.29, 1.82) is 0 Å². The van der Waals surface area contributed by atoms with Crippen molar-refractivity contribution < 1.29 is 0 Å². The van der Waals surface area contributed by atoms with Gasteiger partial charge in [-0.2, -0.15) is 0 Å². The topological polar surface area (TPSA) is 75.9 Å². The predicted molar refractivity (Wildman–Crippen MR) is 88.3 cm³/mol. The quantitative estimate of drug-likeness (QED) is 0.572. The van der Waals surface area contributed by atoms with E-state index >= 15 is 0 Å². The molecule has 1 aromatic rings. The van der Waals surface area contributed by atoms with Gasteiger partial charge in [0.25, 0.3) is 0 Å². The molecule has 4 N–H and O–H groups in total. The summed E-state index contributed by atoms with van der Waals surface area (Å²) in [5.74, 6) is 9.97. The van der Waals surface area contributed by atoms with Crippen molar-refractivity contribution >= 4 is 11.6 Å². The first-order valence-corrected chi connectivity index (χ1v) is 8.10. The summed E-state index contributed by atoms with van der Waals surface area (Å²) in [4.78, 5) is 9.13. The maximum absolute atomic E-state index is 5.57. The third-order valence-electron chi connectivity index (χ3n) is 4.51. The van der Waals surface area contributed by atoms with E-state index in [0.717, 1.165) is 35.6 Å². The standard InChI is InChI=1S/C16H29N5/c1-10(2)14-19-15(12(4)16(20-14)21-17)18-9-13-7-5-11(3)6-8-13/h10-11,13H,5-9,17H2,1-4H3,(H2,18,19,20,21). The number of anilines is 2. The fourth-order valence-corrected chi connectivity index (χ4v) is 2.88. The second-order valence-corrected chi connectivity index (χ2v) is 6.71. The molecule has 0 spiro atoms. The Balaban J connectivity index is 2.06. The van der Waals surface area contributed by atoms with E-state index in [2.05, 4.69) is 41.5 Å². The molecule has 2 rings (SSSR count). The lowest BCUT2D eigenvalue weighted by molar-refractivity contribution is 0.300. The maximum atomic E-state index is 5.57. The molecular formula is C16H29N5. The molecule has 1 saturated carbocycles. The van der Waals surface area contributed by atoms with Gasteiger partial charge < -0.3 is 10.7 Å². The largest absolute Gasteiger partial charge is 0.369 e. The molecule has 0 radical (unpaired) electrons. The van der Waals surface area contributed by atoms with Crippen LogP contribution in [0.5, 0.6) is 0 Å². The highest BCUT2D eigenvalue weighted by atomic mass is 15.3. The monoisotopic (exact) mass is 291 g/mol. The Bertz CT molecular complexity index is 464. The normalized spacial score (nSPS) is 22.4. The number of hydrazine groups is 1. The Morgan fingerprint density at radius 3 is 2.33 bits per heavy atom. The summed E-state index contributed by atoms with van der Waals surface area (Å²) >= 11 is 0. The highest BCUT2D eigenvalue weighted by Gasteiger charge is 2.19. The van der Waals surface area contributed by atoms with Gasteiger partial charge in [0.15, 0.2) is 0 Å². The van der Waals surface area contributed by atoms with Gasteiger partial charge in [-0.25, -0.2) is 15.8 Å². The van der Waals surface area contributed by atoms with E-state index in [9.17, 15) is 0 Å². The summed E-state index contributed by atoms with van der Waals surface area (Å²) in [5.41, 5.74) is 3.68. The van der Waals surface area contributed by atoms with E-state index in [-0.39, 0.29) is 5.92 Å². The minimum Gasteiger partial charge on any atom is -0.369 e. The lowest BCUT2D eigenvalue weighted by atomic mass is 9.83. The molecule has 0 atom stereocenters. The summed E-state index contributed by atoms with van der Waals surface area (Å²) < 4.78 is 0. The summed E-state index contributed by atoms with van der Waals surface area (Å²) in [6, 6.07) is 0. The van der Waals surface area contributed by atoms with E-state index in [4.69, 9.17) is 5.84 Å². The van der Waals surface area contributed by atoms with Crippen LogP contribution in [0.25, 0.3) is 0 Å². The van der Waals surface area contributed by atoms with E-state index in [0.29, 0.717) is 5.82 Å². The zero-order valence-corrected chi connectivity index (χ0v) is 13.7. The van der Waals surface area contributed by atoms with Crippen LogP contribution in [0.4, 0.5) is 11.6 Å². The van der Waals surface area contributed by atoms with Gasteiger partial charge in [-0.05, 0) is 31.6 Å². The molecule has 0 amide bonds. The van der Waals surface area contributed by atoms with Gasteiger partial charge in [-0.1, -0.05) is 33.6 Å². The summed E-state index contributed by atoms with van der Waals surface area (Å²) in [6.45, 7) is 9.54. The van der Waals surface area contributed by atoms with Crippen molar-refractivity contribution in [2.75, 3.05) is 17.3 Å². The second kappa shape index (κ2) is 7.07. The smallest absolute Gasteiger partial charge is 0.148 e. The minimum atomic E-state index is 0.286. The van der Waals surface area contributed by atoms with Gasteiger partial charge in [0.2, 0.25) is 0 Å². The number of aromatic nitrogens is 2. The van der Waals surface area contributed by atoms with E-state index in [1.807, 2.05) is 6.92 Å². The molecule has 1 fully saturated rings. The number of nitrogens with two attached hydrogens (primary N) is 1. The van der Waals surface area contributed by atoms with Gasteiger partial charge in [-0.3, -0.25) is 0 Å². The van der Waals surface area contributed by atoms with Crippen LogP contribution in [-0.4, -0.2) is 16.5 Å². The number of hydrogen-bond donors (Lipinski definition) is 3. The Morgan fingerprint density at radius 1 is 1.14 bits per heavy atom. The van der Waals surface area contributed by atoms with Crippen molar-refractivity contribution in [3.05, 3.63) is 11.4 Å². The molecule has 21 heavy (non-hydrogen) atoms. The molecule has 0 aliphatic heterocycles. The molecule has 1 aliphatic rings. The first-order valence-electron chi connectivity index (χ1n) is 8.10. The van der Waals surface area contributed by atoms with Crippen LogP contribution in [0.2, 0.25) is 0 Å². The van der Waals surface area contributed by atoms with Crippen LogP contribution in [0.15, 0.2) is 0 Å². The highest BCUT2D eigenvalue weighted by Crippen LogP contribution is 2.29. The van der Waals surface area contributed by atoms with Gasteiger partial charge >= 0.3 is 0 Å². The van der Waals surface area contributed by atoms with E-state index in [1.54, 1.807) is 0 Å². The van der Waals surface area contributed by atoms with Gasteiger partial charge in [-0.15, -0.1) is 0 Å². The van der Waals surface area contributed by atoms with Crippen molar-refractivity contribution in [2.24, 2.45) is 17.7 Å². The van der Waals surface area contributed by atoms with Crippen LogP contribution < -0.4 is 16.6 Å². The molecule has 1 aromatic heterocycles. The molecule has 1 aliphatic carbocycles. The zero-order valence-electron chi connectivity index (χ0n) is 13.7. The van der Waals surface area contributed by atoms with Crippen molar-refractivity contribution in [3.8, 4) is 0 Å². The van der Waals surface area contributed by atoms with E-state index in [1.165, 1.54) is 25.7 Å². The number of hydrogen-bond acceptors (Lipinski definition) is 5. The second-order valence-electron chi connectivity index (χ2n) is 6.71. The Labute approximate surface area is 128 Å². The fraction of sp³-hybridized carbons (Fsp3) is 0.750. The molecule has 0 aromatic carbocycles. The first-order chi connectivity index (χ1) is 10.0.